The van der Waals surface area contributed by atoms with E-state index in [-0.39, 0.29) is 5.57 Å². The zero-order valence-corrected chi connectivity index (χ0v) is 16.9. The number of hydrogen-bond donors (Lipinski definition) is 0. The number of aryl methyl sites for hydroxylation is 1. The monoisotopic (exact) mass is 400 g/mol. The fourth-order valence-corrected chi connectivity index (χ4v) is 3.84. The van der Waals surface area contributed by atoms with Crippen LogP contribution in [0.15, 0.2) is 66.1 Å². The largest absolute Gasteiger partial charge is 0.454 e. The van der Waals surface area contributed by atoms with E-state index in [0.717, 1.165) is 22.3 Å². The number of ether oxygens (including phenoxy) is 1. The number of nitriles is 1. The minimum atomic E-state index is -0.598. The molecule has 1 aliphatic heterocycles. The van der Waals surface area contributed by atoms with Gasteiger partial charge in [-0.25, -0.2) is 4.79 Å². The fourth-order valence-electron chi connectivity index (χ4n) is 3.84. The predicted molar refractivity (Wildman–Crippen MR) is 114 cm³/mol. The summed E-state index contributed by atoms with van der Waals surface area (Å²) >= 11 is 0. The van der Waals surface area contributed by atoms with Crippen LogP contribution in [-0.4, -0.2) is 37.0 Å². The van der Waals surface area contributed by atoms with E-state index >= 15 is 0 Å². The van der Waals surface area contributed by atoms with Crippen molar-refractivity contribution in [2.45, 2.75) is 0 Å². The molecule has 4 rings (SSSR count). The molecule has 7 nitrogen and oxygen atoms in total. The number of Topliss-reactive ketones (excluding diaryl/α,β-unsaturated/α-hetero) is 1. The van der Waals surface area contributed by atoms with Crippen molar-refractivity contribution in [3.63, 3.8) is 0 Å². The first-order valence-corrected chi connectivity index (χ1v) is 9.39. The van der Waals surface area contributed by atoms with Gasteiger partial charge in [0.05, 0.1) is 16.9 Å². The summed E-state index contributed by atoms with van der Waals surface area (Å²) in [5.41, 5.74) is 3.01. The average Bonchev–Trinajstić information content (AvgIpc) is 3.23. The van der Waals surface area contributed by atoms with Crippen molar-refractivity contribution in [1.29, 1.82) is 5.26 Å². The summed E-state index contributed by atoms with van der Waals surface area (Å²) in [6.45, 7) is -0.507. The number of anilines is 2. The summed E-state index contributed by atoms with van der Waals surface area (Å²) in [5, 5.41) is 10.4. The van der Waals surface area contributed by atoms with Crippen LogP contribution in [-0.2, 0) is 16.6 Å². The van der Waals surface area contributed by atoms with E-state index in [1.807, 2.05) is 66.2 Å². The van der Waals surface area contributed by atoms with Gasteiger partial charge < -0.3 is 19.1 Å². The lowest BCUT2D eigenvalue weighted by Crippen LogP contribution is -2.27. The lowest BCUT2D eigenvalue weighted by Gasteiger charge is -2.19. The molecule has 0 unspecified atom stereocenters. The second-order valence-electron chi connectivity index (χ2n) is 7.09. The Kier molecular flexibility index (Phi) is 4.76. The van der Waals surface area contributed by atoms with Gasteiger partial charge in [-0.3, -0.25) is 4.79 Å². The fraction of sp³-hybridized carbons (Fsp3) is 0.174. The molecule has 0 saturated carbocycles. The Morgan fingerprint density at radius 3 is 2.20 bits per heavy atom. The van der Waals surface area contributed by atoms with E-state index in [2.05, 4.69) is 0 Å². The molecule has 1 aliphatic rings. The molecule has 1 aromatic heterocycles. The first kappa shape index (κ1) is 19.3. The molecule has 30 heavy (non-hydrogen) atoms. The molecule has 0 atom stereocenters. The highest BCUT2D eigenvalue weighted by Crippen LogP contribution is 2.40. The number of esters is 1. The molecule has 3 aromatic rings. The molecule has 0 bridgehead atoms. The minimum absolute atomic E-state index is 0.0538. The van der Waals surface area contributed by atoms with Crippen LogP contribution in [0.4, 0.5) is 11.4 Å². The van der Waals surface area contributed by atoms with Crippen molar-refractivity contribution < 1.29 is 14.3 Å². The number of benzene rings is 2. The summed E-state index contributed by atoms with van der Waals surface area (Å²) in [7, 11) is 5.43. The Labute approximate surface area is 174 Å². The molecule has 7 heteroatoms. The third-order valence-corrected chi connectivity index (χ3v) is 5.31. The van der Waals surface area contributed by atoms with Crippen LogP contribution in [0.3, 0.4) is 0 Å². The topological polar surface area (TPSA) is 78.6 Å². The number of nitrogens with zero attached hydrogens (tertiary/aromatic N) is 4. The zero-order chi connectivity index (χ0) is 21.4. The van der Waals surface area contributed by atoms with Gasteiger partial charge in [0.1, 0.15) is 17.5 Å². The first-order valence-electron chi connectivity index (χ1n) is 9.39. The van der Waals surface area contributed by atoms with E-state index in [1.54, 1.807) is 30.1 Å². The van der Waals surface area contributed by atoms with Crippen LogP contribution < -0.4 is 9.80 Å². The summed E-state index contributed by atoms with van der Waals surface area (Å²) in [5.74, 6) is -0.684. The Balaban J connectivity index is 1.57. The van der Waals surface area contributed by atoms with Gasteiger partial charge in [0.15, 0.2) is 6.61 Å². The summed E-state index contributed by atoms with van der Waals surface area (Å²) in [6.07, 6.45) is 1.68. The minimum Gasteiger partial charge on any atom is -0.454 e. The quantitative estimate of drug-likeness (QED) is 0.380. The van der Waals surface area contributed by atoms with Gasteiger partial charge in [-0.05, 0) is 18.2 Å². The maximum Gasteiger partial charge on any atom is 0.340 e. The second-order valence-corrected chi connectivity index (χ2v) is 7.09. The predicted octanol–water partition coefficient (Wildman–Crippen LogP) is 3.23. The van der Waals surface area contributed by atoms with Crippen LogP contribution in [0.2, 0.25) is 0 Å². The zero-order valence-electron chi connectivity index (χ0n) is 16.9. The Morgan fingerprint density at radius 2 is 1.57 bits per heavy atom. The van der Waals surface area contributed by atoms with Gasteiger partial charge in [-0.2, -0.15) is 5.26 Å². The summed E-state index contributed by atoms with van der Waals surface area (Å²) in [6, 6.07) is 17.1. The number of carbonyl (C=O) groups excluding carboxylic acids is 2. The van der Waals surface area contributed by atoms with Crippen LogP contribution in [0.25, 0.3) is 10.9 Å². The lowest BCUT2D eigenvalue weighted by molar-refractivity contribution is -0.118. The standard InChI is InChI=1S/C23H20N4O3/c1-25-13-17(15-8-4-5-9-18(15)25)23(29)30-14-21(28)16(12-24)22-26(2)19-10-6-7-11-20(19)27(22)3/h4-11,13H,14H2,1-3H3. The number of carbonyl (C=O) groups is 2. The third kappa shape index (κ3) is 2.99. The Bertz CT molecular complexity index is 1220. The average molecular weight is 400 g/mol. The highest BCUT2D eigenvalue weighted by Gasteiger charge is 2.31. The molecule has 0 fully saturated rings. The van der Waals surface area contributed by atoms with Gasteiger partial charge in [-0.15, -0.1) is 0 Å². The van der Waals surface area contributed by atoms with Gasteiger partial charge >= 0.3 is 5.97 Å². The molecule has 0 amide bonds. The first-order chi connectivity index (χ1) is 14.4. The molecule has 150 valence electrons. The molecular formula is C23H20N4O3. The van der Waals surface area contributed by atoms with Crippen molar-refractivity contribution >= 4 is 34.0 Å². The van der Waals surface area contributed by atoms with Crippen molar-refractivity contribution in [3.8, 4) is 6.07 Å². The van der Waals surface area contributed by atoms with Gasteiger partial charge in [0, 0.05) is 38.2 Å². The Hall–Kier alpha value is -4.05. The number of aromatic nitrogens is 1. The van der Waals surface area contributed by atoms with E-state index in [4.69, 9.17) is 4.74 Å². The molecule has 2 aromatic carbocycles. The number of fused-ring (bicyclic) bond motifs is 2. The number of para-hydroxylation sites is 3. The number of ketones is 1. The molecule has 2 heterocycles. The second kappa shape index (κ2) is 7.41. The van der Waals surface area contributed by atoms with E-state index < -0.39 is 18.4 Å². The Morgan fingerprint density at radius 1 is 0.967 bits per heavy atom. The SMILES string of the molecule is CN1C(=C(C#N)C(=O)COC(=O)c2cn(C)c3ccccc23)N(C)c2ccccc21. The number of hydrogen-bond acceptors (Lipinski definition) is 6. The van der Waals surface area contributed by atoms with Crippen molar-refractivity contribution in [1.82, 2.24) is 4.57 Å². The molecule has 0 spiro atoms. The smallest absolute Gasteiger partial charge is 0.340 e. The lowest BCUT2D eigenvalue weighted by atomic mass is 10.1. The van der Waals surface area contributed by atoms with E-state index in [9.17, 15) is 14.9 Å². The van der Waals surface area contributed by atoms with Gasteiger partial charge in [-0.1, -0.05) is 30.3 Å². The van der Waals surface area contributed by atoms with Gasteiger partial charge in [0.2, 0.25) is 5.78 Å². The van der Waals surface area contributed by atoms with Crippen LogP contribution in [0, 0.1) is 11.3 Å². The van der Waals surface area contributed by atoms with Crippen molar-refractivity contribution in [2.75, 3.05) is 30.5 Å². The maximum absolute atomic E-state index is 12.8. The molecule has 0 radical (unpaired) electrons. The highest BCUT2D eigenvalue weighted by atomic mass is 16.5. The van der Waals surface area contributed by atoms with Crippen LogP contribution in [0.1, 0.15) is 10.4 Å². The molecule has 0 aliphatic carbocycles. The van der Waals surface area contributed by atoms with Gasteiger partial charge in [0.25, 0.3) is 0 Å². The third-order valence-electron chi connectivity index (χ3n) is 5.31. The summed E-state index contributed by atoms with van der Waals surface area (Å²) < 4.78 is 7.11. The van der Waals surface area contributed by atoms with E-state index in [1.165, 1.54) is 0 Å². The van der Waals surface area contributed by atoms with Crippen LogP contribution in [0.5, 0.6) is 0 Å². The van der Waals surface area contributed by atoms with E-state index in [0.29, 0.717) is 11.4 Å². The normalized spacial score (nSPS) is 12.7. The van der Waals surface area contributed by atoms with Crippen LogP contribution >= 0.6 is 0 Å². The summed E-state index contributed by atoms with van der Waals surface area (Å²) in [4.78, 5) is 29.0. The molecule has 0 saturated heterocycles. The maximum atomic E-state index is 12.8. The number of rotatable bonds is 4. The highest BCUT2D eigenvalue weighted by molar-refractivity contribution is 6.07. The van der Waals surface area contributed by atoms with Crippen molar-refractivity contribution in [3.05, 3.63) is 71.7 Å². The molecule has 0 N–H and O–H groups in total. The van der Waals surface area contributed by atoms with Crippen molar-refractivity contribution in [2.24, 2.45) is 7.05 Å². The molecular weight excluding hydrogens is 380 g/mol.